The largest absolute Gasteiger partial charge is 0.493 e. The zero-order valence-corrected chi connectivity index (χ0v) is 16.5. The molecule has 1 amide bonds. The third kappa shape index (κ3) is 3.78. The number of ether oxygens (including phenoxy) is 2. The van der Waals surface area contributed by atoms with Crippen molar-refractivity contribution in [3.63, 3.8) is 0 Å². The van der Waals surface area contributed by atoms with Crippen molar-refractivity contribution in [3.05, 3.63) is 54.1 Å². The first-order chi connectivity index (χ1) is 14.2. The van der Waals surface area contributed by atoms with E-state index in [1.165, 1.54) is 4.80 Å². The Morgan fingerprint density at radius 1 is 1.00 bits per heavy atom. The average Bonchev–Trinajstić information content (AvgIpc) is 3.47. The number of hydrogen-bond donors (Lipinski definition) is 0. The van der Waals surface area contributed by atoms with Gasteiger partial charge in [-0.2, -0.15) is 0 Å². The fourth-order valence-electron chi connectivity index (χ4n) is 3.55. The molecule has 29 heavy (non-hydrogen) atoms. The number of likely N-dealkylation sites (tertiary alicyclic amines) is 1. The van der Waals surface area contributed by atoms with E-state index in [-0.39, 0.29) is 5.91 Å². The molecule has 1 aromatic heterocycles. The topological polar surface area (TPSA) is 82.4 Å². The standard InChI is InChI=1S/C21H23N5O3/c1-28-17-11-10-16(14-18(17)29-2)20-22-24-26(23-20)19(15-8-4-3-5-9-15)21(27)25-12-6-7-13-25/h3-5,8-11,14,19H,6-7,12-13H2,1-2H3/t19-/m0/s1. The highest BCUT2D eigenvalue weighted by molar-refractivity contribution is 5.83. The Hall–Kier alpha value is -3.42. The van der Waals surface area contributed by atoms with Gasteiger partial charge in [-0.15, -0.1) is 15.0 Å². The number of tetrazole rings is 1. The molecule has 150 valence electrons. The van der Waals surface area contributed by atoms with E-state index < -0.39 is 6.04 Å². The van der Waals surface area contributed by atoms with Gasteiger partial charge in [0, 0.05) is 18.7 Å². The minimum absolute atomic E-state index is 0.00929. The molecule has 4 rings (SSSR count). The van der Waals surface area contributed by atoms with Crippen molar-refractivity contribution in [2.45, 2.75) is 18.9 Å². The van der Waals surface area contributed by atoms with Crippen molar-refractivity contribution in [3.8, 4) is 22.9 Å². The van der Waals surface area contributed by atoms with Crippen LogP contribution in [0.25, 0.3) is 11.4 Å². The van der Waals surface area contributed by atoms with Gasteiger partial charge >= 0.3 is 0 Å². The second-order valence-corrected chi connectivity index (χ2v) is 6.85. The predicted octanol–water partition coefficient (Wildman–Crippen LogP) is 2.57. The van der Waals surface area contributed by atoms with Gasteiger partial charge in [-0.3, -0.25) is 4.79 Å². The predicted molar refractivity (Wildman–Crippen MR) is 107 cm³/mol. The Balaban J connectivity index is 1.70. The van der Waals surface area contributed by atoms with E-state index in [1.807, 2.05) is 41.3 Å². The number of aromatic nitrogens is 4. The van der Waals surface area contributed by atoms with Gasteiger partial charge in [0.2, 0.25) is 5.82 Å². The van der Waals surface area contributed by atoms with Gasteiger partial charge in [-0.25, -0.2) is 0 Å². The number of carbonyl (C=O) groups excluding carboxylic acids is 1. The fourth-order valence-corrected chi connectivity index (χ4v) is 3.55. The third-order valence-electron chi connectivity index (χ3n) is 5.07. The number of hydrogen-bond acceptors (Lipinski definition) is 6. The second kappa shape index (κ2) is 8.30. The van der Waals surface area contributed by atoms with E-state index in [9.17, 15) is 4.79 Å². The maximum absolute atomic E-state index is 13.2. The van der Waals surface area contributed by atoms with E-state index in [0.29, 0.717) is 17.3 Å². The molecule has 1 aliphatic rings. The SMILES string of the molecule is COc1ccc(-c2nnn([C@H](C(=O)N3CCCC3)c3ccccc3)n2)cc1OC. The van der Waals surface area contributed by atoms with E-state index in [4.69, 9.17) is 9.47 Å². The smallest absolute Gasteiger partial charge is 0.254 e. The molecule has 3 aromatic rings. The van der Waals surface area contributed by atoms with Crippen LogP contribution in [0.5, 0.6) is 11.5 Å². The van der Waals surface area contributed by atoms with Crippen LogP contribution < -0.4 is 9.47 Å². The first-order valence-corrected chi connectivity index (χ1v) is 9.57. The Kier molecular flexibility index (Phi) is 5.41. The van der Waals surface area contributed by atoms with Crippen LogP contribution >= 0.6 is 0 Å². The summed E-state index contributed by atoms with van der Waals surface area (Å²) in [4.78, 5) is 16.5. The summed E-state index contributed by atoms with van der Waals surface area (Å²) < 4.78 is 10.6. The van der Waals surface area contributed by atoms with Gasteiger partial charge in [-0.05, 0) is 41.8 Å². The molecule has 1 fully saturated rings. The summed E-state index contributed by atoms with van der Waals surface area (Å²) in [5.74, 6) is 1.61. The molecule has 0 saturated carbocycles. The van der Waals surface area contributed by atoms with Crippen LogP contribution in [0.4, 0.5) is 0 Å². The number of carbonyl (C=O) groups is 1. The van der Waals surface area contributed by atoms with Gasteiger partial charge in [-0.1, -0.05) is 30.3 Å². The summed E-state index contributed by atoms with van der Waals surface area (Å²) in [6.07, 6.45) is 2.05. The summed E-state index contributed by atoms with van der Waals surface area (Å²) in [6.45, 7) is 1.53. The van der Waals surface area contributed by atoms with Crippen LogP contribution in [-0.4, -0.2) is 58.3 Å². The molecule has 2 aromatic carbocycles. The molecular formula is C21H23N5O3. The monoisotopic (exact) mass is 393 g/mol. The van der Waals surface area contributed by atoms with Crippen LogP contribution in [-0.2, 0) is 4.79 Å². The normalized spacial score (nSPS) is 14.6. The van der Waals surface area contributed by atoms with E-state index >= 15 is 0 Å². The molecule has 8 heteroatoms. The van der Waals surface area contributed by atoms with Crippen LogP contribution in [0.15, 0.2) is 48.5 Å². The molecule has 1 aliphatic heterocycles. The van der Waals surface area contributed by atoms with Crippen molar-refractivity contribution in [2.75, 3.05) is 27.3 Å². The molecule has 2 heterocycles. The summed E-state index contributed by atoms with van der Waals surface area (Å²) in [5, 5.41) is 12.9. The van der Waals surface area contributed by atoms with Gasteiger partial charge in [0.1, 0.15) is 0 Å². The van der Waals surface area contributed by atoms with Crippen LogP contribution in [0.3, 0.4) is 0 Å². The van der Waals surface area contributed by atoms with Crippen LogP contribution in [0, 0.1) is 0 Å². The highest BCUT2D eigenvalue weighted by atomic mass is 16.5. The lowest BCUT2D eigenvalue weighted by molar-refractivity contribution is -0.133. The Bertz CT molecular complexity index is 983. The molecular weight excluding hydrogens is 370 g/mol. The highest BCUT2D eigenvalue weighted by Crippen LogP contribution is 2.31. The summed E-state index contributed by atoms with van der Waals surface area (Å²) in [6, 6.07) is 14.3. The molecule has 0 spiro atoms. The van der Waals surface area contributed by atoms with Crippen molar-refractivity contribution >= 4 is 5.91 Å². The van der Waals surface area contributed by atoms with Crippen LogP contribution in [0.1, 0.15) is 24.4 Å². The molecule has 1 atom stereocenters. The first kappa shape index (κ1) is 18.9. The minimum Gasteiger partial charge on any atom is -0.493 e. The molecule has 0 aliphatic carbocycles. The quantitative estimate of drug-likeness (QED) is 0.640. The molecule has 0 radical (unpaired) electrons. The lowest BCUT2D eigenvalue weighted by Crippen LogP contribution is -2.36. The van der Waals surface area contributed by atoms with Crippen molar-refractivity contribution in [2.24, 2.45) is 0 Å². The fraction of sp³-hybridized carbons (Fsp3) is 0.333. The molecule has 0 bridgehead atoms. The lowest BCUT2D eigenvalue weighted by atomic mass is 10.1. The Morgan fingerprint density at radius 3 is 2.41 bits per heavy atom. The summed E-state index contributed by atoms with van der Waals surface area (Å²) in [7, 11) is 3.16. The second-order valence-electron chi connectivity index (χ2n) is 6.85. The minimum atomic E-state index is -0.643. The Morgan fingerprint density at radius 2 is 1.72 bits per heavy atom. The van der Waals surface area contributed by atoms with Gasteiger partial charge in [0.05, 0.1) is 14.2 Å². The zero-order chi connectivity index (χ0) is 20.2. The molecule has 0 unspecified atom stereocenters. The van der Waals surface area contributed by atoms with Crippen LogP contribution in [0.2, 0.25) is 0 Å². The maximum Gasteiger partial charge on any atom is 0.254 e. The number of amides is 1. The summed E-state index contributed by atoms with van der Waals surface area (Å²) >= 11 is 0. The molecule has 8 nitrogen and oxygen atoms in total. The van der Waals surface area contributed by atoms with Crippen molar-refractivity contribution in [1.29, 1.82) is 0 Å². The van der Waals surface area contributed by atoms with E-state index in [2.05, 4.69) is 15.4 Å². The average molecular weight is 393 g/mol. The number of benzene rings is 2. The van der Waals surface area contributed by atoms with E-state index in [1.54, 1.807) is 26.4 Å². The third-order valence-corrected chi connectivity index (χ3v) is 5.07. The van der Waals surface area contributed by atoms with Gasteiger partial charge in [0.15, 0.2) is 17.5 Å². The van der Waals surface area contributed by atoms with Gasteiger partial charge < -0.3 is 14.4 Å². The number of nitrogens with zero attached hydrogens (tertiary/aromatic N) is 5. The van der Waals surface area contributed by atoms with E-state index in [0.717, 1.165) is 37.1 Å². The van der Waals surface area contributed by atoms with Crippen molar-refractivity contribution in [1.82, 2.24) is 25.1 Å². The Labute approximate surface area is 169 Å². The maximum atomic E-state index is 13.2. The highest BCUT2D eigenvalue weighted by Gasteiger charge is 2.31. The number of methoxy groups -OCH3 is 2. The lowest BCUT2D eigenvalue weighted by Gasteiger charge is -2.22. The number of rotatable bonds is 6. The van der Waals surface area contributed by atoms with Crippen molar-refractivity contribution < 1.29 is 14.3 Å². The summed E-state index contributed by atoms with van der Waals surface area (Å²) in [5.41, 5.74) is 1.56. The first-order valence-electron chi connectivity index (χ1n) is 9.57. The zero-order valence-electron chi connectivity index (χ0n) is 16.5. The van der Waals surface area contributed by atoms with Gasteiger partial charge in [0.25, 0.3) is 5.91 Å². The molecule has 1 saturated heterocycles. The molecule has 0 N–H and O–H groups in total.